The Morgan fingerprint density at radius 2 is 1.85 bits per heavy atom. The second kappa shape index (κ2) is 8.83. The van der Waals surface area contributed by atoms with E-state index < -0.39 is 0 Å². The van der Waals surface area contributed by atoms with Crippen LogP contribution in [0.5, 0.6) is 0 Å². The summed E-state index contributed by atoms with van der Waals surface area (Å²) in [5, 5.41) is 0. The van der Waals surface area contributed by atoms with Crippen molar-refractivity contribution >= 4 is 12.0 Å². The Bertz CT molecular complexity index is 627. The fourth-order valence-electron chi connectivity index (χ4n) is 4.19. The second-order valence-corrected chi connectivity index (χ2v) is 8.02. The zero-order chi connectivity index (χ0) is 18.5. The number of nitrogens with zero attached hydrogens (tertiary/aromatic N) is 2. The highest BCUT2D eigenvalue weighted by Crippen LogP contribution is 2.22. The van der Waals surface area contributed by atoms with Crippen molar-refractivity contribution in [2.45, 2.75) is 45.6 Å². The van der Waals surface area contributed by atoms with E-state index >= 15 is 0 Å². The van der Waals surface area contributed by atoms with Crippen LogP contribution in [0.3, 0.4) is 0 Å². The molecule has 3 rings (SSSR count). The molecule has 1 amide bonds. The summed E-state index contributed by atoms with van der Waals surface area (Å²) in [5.41, 5.74) is 10.0. The van der Waals surface area contributed by atoms with Crippen molar-refractivity contribution in [1.29, 1.82) is 0 Å². The number of likely N-dealkylation sites (tertiary alicyclic amines) is 2. The lowest BCUT2D eigenvalue weighted by Crippen LogP contribution is -2.49. The number of allylic oxidation sites excluding steroid dienone is 1. The molecule has 2 aliphatic heterocycles. The molecule has 2 saturated heterocycles. The van der Waals surface area contributed by atoms with Gasteiger partial charge in [-0.25, -0.2) is 0 Å². The molecule has 2 aliphatic rings. The largest absolute Gasteiger partial charge is 0.342 e. The Morgan fingerprint density at radius 1 is 1.15 bits per heavy atom. The van der Waals surface area contributed by atoms with Gasteiger partial charge in [-0.1, -0.05) is 30.4 Å². The molecule has 1 aromatic rings. The third kappa shape index (κ3) is 4.95. The zero-order valence-corrected chi connectivity index (χ0v) is 16.3. The van der Waals surface area contributed by atoms with Crippen LogP contribution < -0.4 is 5.73 Å². The van der Waals surface area contributed by atoms with Gasteiger partial charge in [0.25, 0.3) is 0 Å². The van der Waals surface area contributed by atoms with Crippen LogP contribution in [0.4, 0.5) is 0 Å². The molecule has 2 heterocycles. The molecule has 0 spiro atoms. The van der Waals surface area contributed by atoms with Gasteiger partial charge >= 0.3 is 0 Å². The van der Waals surface area contributed by atoms with Crippen LogP contribution in [0.25, 0.3) is 6.08 Å². The maximum absolute atomic E-state index is 12.6. The van der Waals surface area contributed by atoms with Crippen molar-refractivity contribution in [2.24, 2.45) is 11.7 Å². The molecule has 0 saturated carbocycles. The Labute approximate surface area is 158 Å². The van der Waals surface area contributed by atoms with Gasteiger partial charge in [0.05, 0.1) is 6.54 Å². The molecule has 142 valence electrons. The lowest BCUT2D eigenvalue weighted by atomic mass is 9.94. The van der Waals surface area contributed by atoms with E-state index in [2.05, 4.69) is 49.1 Å². The number of piperidine rings is 2. The Kier molecular flexibility index (Phi) is 6.49. The van der Waals surface area contributed by atoms with Crippen molar-refractivity contribution in [3.05, 3.63) is 41.0 Å². The zero-order valence-electron chi connectivity index (χ0n) is 16.3. The number of benzene rings is 1. The van der Waals surface area contributed by atoms with Gasteiger partial charge in [0.15, 0.2) is 0 Å². The standard InChI is InChI=1S/C22H33N3O/c1-17-5-3-6-18(2)21(17)9-8-19-10-13-25(14-11-19)22(26)16-24-12-4-7-20(23)15-24/h3,5-6,8-9,19-20H,4,7,10-16,23H2,1-2H3/t20-/m0/s1. The predicted octanol–water partition coefficient (Wildman–Crippen LogP) is 2.98. The number of rotatable bonds is 4. The van der Waals surface area contributed by atoms with Crippen molar-refractivity contribution in [2.75, 3.05) is 32.7 Å². The lowest BCUT2D eigenvalue weighted by molar-refractivity contribution is -0.133. The Balaban J connectivity index is 1.48. The first-order valence-corrected chi connectivity index (χ1v) is 10.0. The van der Waals surface area contributed by atoms with Gasteiger partial charge < -0.3 is 10.6 Å². The normalized spacial score (nSPS) is 22.9. The van der Waals surface area contributed by atoms with Gasteiger partial charge in [-0.2, -0.15) is 0 Å². The SMILES string of the molecule is Cc1cccc(C)c1C=CC1CCN(C(=O)CN2CCC[C@H](N)C2)CC1. The molecule has 0 aliphatic carbocycles. The molecule has 2 fully saturated rings. The quantitative estimate of drug-likeness (QED) is 0.903. The van der Waals surface area contributed by atoms with Crippen LogP contribution >= 0.6 is 0 Å². The molecular weight excluding hydrogens is 322 g/mol. The summed E-state index contributed by atoms with van der Waals surface area (Å²) in [7, 11) is 0. The molecule has 0 bridgehead atoms. The van der Waals surface area contributed by atoms with E-state index in [1.807, 2.05) is 4.90 Å². The maximum Gasteiger partial charge on any atom is 0.236 e. The number of hydrogen-bond donors (Lipinski definition) is 1. The lowest BCUT2D eigenvalue weighted by Gasteiger charge is -2.35. The minimum absolute atomic E-state index is 0.234. The van der Waals surface area contributed by atoms with Crippen molar-refractivity contribution in [3.8, 4) is 0 Å². The summed E-state index contributed by atoms with van der Waals surface area (Å²) in [6.45, 7) is 8.49. The third-order valence-electron chi connectivity index (χ3n) is 5.87. The highest BCUT2D eigenvalue weighted by Gasteiger charge is 2.25. The monoisotopic (exact) mass is 355 g/mol. The molecule has 4 heteroatoms. The first-order chi connectivity index (χ1) is 12.5. The van der Waals surface area contributed by atoms with E-state index in [0.717, 1.165) is 51.9 Å². The molecule has 0 aromatic heterocycles. The summed E-state index contributed by atoms with van der Waals surface area (Å²) in [6, 6.07) is 6.68. The van der Waals surface area contributed by atoms with Crippen LogP contribution in [-0.4, -0.2) is 54.5 Å². The van der Waals surface area contributed by atoms with Gasteiger partial charge in [-0.15, -0.1) is 0 Å². The number of nitrogens with two attached hydrogens (primary N) is 1. The van der Waals surface area contributed by atoms with Gasteiger partial charge in [-0.3, -0.25) is 9.69 Å². The first-order valence-electron chi connectivity index (χ1n) is 10.0. The van der Waals surface area contributed by atoms with E-state index in [-0.39, 0.29) is 11.9 Å². The van der Waals surface area contributed by atoms with Crippen LogP contribution in [0.2, 0.25) is 0 Å². The van der Waals surface area contributed by atoms with Crippen LogP contribution in [-0.2, 0) is 4.79 Å². The summed E-state index contributed by atoms with van der Waals surface area (Å²) in [5.74, 6) is 0.845. The van der Waals surface area contributed by atoms with Gasteiger partial charge in [0.1, 0.15) is 0 Å². The number of aryl methyl sites for hydroxylation is 2. The molecule has 1 atom stereocenters. The third-order valence-corrected chi connectivity index (χ3v) is 5.87. The van der Waals surface area contributed by atoms with Crippen molar-refractivity contribution in [1.82, 2.24) is 9.80 Å². The van der Waals surface area contributed by atoms with E-state index in [0.29, 0.717) is 12.5 Å². The molecule has 26 heavy (non-hydrogen) atoms. The number of carbonyl (C=O) groups excluding carboxylic acids is 1. The number of amides is 1. The van der Waals surface area contributed by atoms with E-state index in [4.69, 9.17) is 5.73 Å². The number of carbonyl (C=O) groups is 1. The molecule has 0 unspecified atom stereocenters. The smallest absolute Gasteiger partial charge is 0.236 e. The number of hydrogen-bond acceptors (Lipinski definition) is 3. The molecular formula is C22H33N3O. The highest BCUT2D eigenvalue weighted by molar-refractivity contribution is 5.78. The fraction of sp³-hybridized carbons (Fsp3) is 0.591. The van der Waals surface area contributed by atoms with E-state index in [1.165, 1.54) is 16.7 Å². The van der Waals surface area contributed by atoms with Gasteiger partial charge in [-0.05, 0) is 68.7 Å². The van der Waals surface area contributed by atoms with Crippen LogP contribution in [0.1, 0.15) is 42.4 Å². The maximum atomic E-state index is 12.6. The van der Waals surface area contributed by atoms with Crippen LogP contribution in [0, 0.1) is 19.8 Å². The topological polar surface area (TPSA) is 49.6 Å². The van der Waals surface area contributed by atoms with Crippen molar-refractivity contribution < 1.29 is 4.79 Å². The average Bonchev–Trinajstić information content (AvgIpc) is 2.62. The molecule has 1 aromatic carbocycles. The summed E-state index contributed by atoms with van der Waals surface area (Å²) in [4.78, 5) is 16.8. The Morgan fingerprint density at radius 3 is 2.50 bits per heavy atom. The predicted molar refractivity (Wildman–Crippen MR) is 108 cm³/mol. The Hall–Kier alpha value is -1.65. The molecule has 0 radical (unpaired) electrons. The van der Waals surface area contributed by atoms with E-state index in [9.17, 15) is 4.79 Å². The van der Waals surface area contributed by atoms with Crippen LogP contribution in [0.15, 0.2) is 24.3 Å². The first kappa shape index (κ1) is 19.1. The van der Waals surface area contributed by atoms with Gasteiger partial charge in [0, 0.05) is 25.7 Å². The average molecular weight is 356 g/mol. The van der Waals surface area contributed by atoms with Crippen molar-refractivity contribution in [3.63, 3.8) is 0 Å². The van der Waals surface area contributed by atoms with Gasteiger partial charge in [0.2, 0.25) is 5.91 Å². The summed E-state index contributed by atoms with van der Waals surface area (Å²) >= 11 is 0. The minimum Gasteiger partial charge on any atom is -0.342 e. The second-order valence-electron chi connectivity index (χ2n) is 8.02. The summed E-state index contributed by atoms with van der Waals surface area (Å²) < 4.78 is 0. The van der Waals surface area contributed by atoms with E-state index in [1.54, 1.807) is 0 Å². The fourth-order valence-corrected chi connectivity index (χ4v) is 4.19. The molecule has 4 nitrogen and oxygen atoms in total. The molecule has 2 N–H and O–H groups in total. The summed E-state index contributed by atoms with van der Waals surface area (Å²) in [6.07, 6.45) is 8.95. The minimum atomic E-state index is 0.234. The highest BCUT2D eigenvalue weighted by atomic mass is 16.2.